The van der Waals surface area contributed by atoms with Crippen LogP contribution in [0.3, 0.4) is 0 Å². The largest absolute Gasteiger partial charge is 0.336 e. The first-order valence-electron chi connectivity index (χ1n) is 7.28. The molecule has 1 aromatic heterocycles. The molecule has 1 amide bonds. The zero-order valence-corrected chi connectivity index (χ0v) is 12.2. The zero-order valence-electron chi connectivity index (χ0n) is 12.2. The normalized spacial score (nSPS) is 19.1. The van der Waals surface area contributed by atoms with E-state index in [-0.39, 0.29) is 17.5 Å². The van der Waals surface area contributed by atoms with Crippen LogP contribution in [0, 0.1) is 5.92 Å². The number of carbonyl (C=O) groups excluding carboxylic acids is 1. The van der Waals surface area contributed by atoms with Crippen LogP contribution in [0.5, 0.6) is 0 Å². The minimum absolute atomic E-state index is 0.0122. The molecule has 0 radical (unpaired) electrons. The van der Waals surface area contributed by atoms with Gasteiger partial charge in [-0.1, -0.05) is 0 Å². The molecule has 0 bridgehead atoms. The average Bonchev–Trinajstić information content (AvgIpc) is 2.45. The number of piperidine rings is 1. The number of hydrogen-bond acceptors (Lipinski definition) is 3. The fourth-order valence-corrected chi connectivity index (χ4v) is 2.60. The van der Waals surface area contributed by atoms with Crippen LogP contribution in [0.1, 0.15) is 37.0 Å². The number of nitrogens with one attached hydrogen (secondary N) is 2. The maximum Gasteiger partial charge on any atom is 0.255 e. The van der Waals surface area contributed by atoms with Crippen LogP contribution in [0.2, 0.25) is 0 Å². The van der Waals surface area contributed by atoms with Crippen molar-refractivity contribution in [3.8, 4) is 0 Å². The number of H-pyrrole nitrogens is 1. The molecule has 0 aromatic carbocycles. The second kappa shape index (κ2) is 6.70. The van der Waals surface area contributed by atoms with E-state index in [2.05, 4.69) is 10.3 Å². The lowest BCUT2D eigenvalue weighted by Crippen LogP contribution is -2.44. The third-order valence-corrected chi connectivity index (χ3v) is 3.77. The summed E-state index contributed by atoms with van der Waals surface area (Å²) in [6.07, 6.45) is 3.83. The van der Waals surface area contributed by atoms with Gasteiger partial charge in [0.15, 0.2) is 0 Å². The molecule has 0 aliphatic carbocycles. The summed E-state index contributed by atoms with van der Waals surface area (Å²) in [6.45, 7) is 6.87. The van der Waals surface area contributed by atoms with Gasteiger partial charge in [-0.2, -0.15) is 0 Å². The Morgan fingerprint density at radius 3 is 2.80 bits per heavy atom. The third kappa shape index (κ3) is 3.70. The monoisotopic (exact) mass is 277 g/mol. The van der Waals surface area contributed by atoms with Gasteiger partial charge in [-0.05, 0) is 51.8 Å². The highest BCUT2D eigenvalue weighted by atomic mass is 16.2. The molecule has 20 heavy (non-hydrogen) atoms. The molecular formula is C15H23N3O2. The van der Waals surface area contributed by atoms with Crippen molar-refractivity contribution in [2.45, 2.75) is 32.7 Å². The Bertz CT molecular complexity index is 484. The van der Waals surface area contributed by atoms with Crippen molar-refractivity contribution in [3.63, 3.8) is 0 Å². The maximum absolute atomic E-state index is 12.6. The molecule has 5 nitrogen and oxygen atoms in total. The Morgan fingerprint density at radius 2 is 2.25 bits per heavy atom. The molecule has 1 aromatic rings. The first-order valence-corrected chi connectivity index (χ1v) is 7.28. The molecule has 0 spiro atoms. The van der Waals surface area contributed by atoms with E-state index in [1.165, 1.54) is 18.7 Å². The number of aromatic amines is 1. The van der Waals surface area contributed by atoms with Gasteiger partial charge in [0, 0.05) is 24.8 Å². The fourth-order valence-electron chi connectivity index (χ4n) is 2.60. The smallest absolute Gasteiger partial charge is 0.255 e. The lowest BCUT2D eigenvalue weighted by Gasteiger charge is -2.33. The van der Waals surface area contributed by atoms with Crippen molar-refractivity contribution >= 4 is 5.91 Å². The molecule has 1 aliphatic heterocycles. The SMILES string of the molecule is CC(C)N(CC1CCCNC1)C(=O)c1ccc(=O)[nH]c1. The predicted molar refractivity (Wildman–Crippen MR) is 78.8 cm³/mol. The lowest BCUT2D eigenvalue weighted by atomic mass is 9.98. The molecular weight excluding hydrogens is 254 g/mol. The van der Waals surface area contributed by atoms with Crippen molar-refractivity contribution < 1.29 is 4.79 Å². The van der Waals surface area contributed by atoms with E-state index in [4.69, 9.17) is 0 Å². The number of rotatable bonds is 4. The van der Waals surface area contributed by atoms with Gasteiger partial charge >= 0.3 is 0 Å². The van der Waals surface area contributed by atoms with Crippen LogP contribution in [-0.4, -0.2) is 41.5 Å². The van der Waals surface area contributed by atoms with E-state index in [0.29, 0.717) is 11.5 Å². The Balaban J connectivity index is 2.08. The summed E-state index contributed by atoms with van der Waals surface area (Å²) in [5.74, 6) is 0.500. The van der Waals surface area contributed by atoms with Gasteiger partial charge in [0.25, 0.3) is 5.91 Å². The summed E-state index contributed by atoms with van der Waals surface area (Å²) in [5, 5.41) is 3.38. The van der Waals surface area contributed by atoms with E-state index in [1.54, 1.807) is 6.07 Å². The number of aromatic nitrogens is 1. The van der Waals surface area contributed by atoms with Crippen LogP contribution < -0.4 is 10.9 Å². The summed E-state index contributed by atoms with van der Waals surface area (Å²) in [6, 6.07) is 3.14. The number of pyridine rings is 1. The van der Waals surface area contributed by atoms with Crippen LogP contribution in [0.25, 0.3) is 0 Å². The van der Waals surface area contributed by atoms with Gasteiger partial charge in [0.05, 0.1) is 5.56 Å². The second-order valence-electron chi connectivity index (χ2n) is 5.71. The van der Waals surface area contributed by atoms with Gasteiger partial charge in [0.2, 0.25) is 5.56 Å². The van der Waals surface area contributed by atoms with Crippen molar-refractivity contribution in [3.05, 3.63) is 34.2 Å². The molecule has 2 heterocycles. The van der Waals surface area contributed by atoms with E-state index in [9.17, 15) is 9.59 Å². The molecule has 5 heteroatoms. The number of hydrogen-bond donors (Lipinski definition) is 2. The van der Waals surface area contributed by atoms with Crippen LogP contribution in [0.4, 0.5) is 0 Å². The standard InChI is InChI=1S/C15H23N3O2/c1-11(2)18(10-12-4-3-7-16-8-12)15(20)13-5-6-14(19)17-9-13/h5-6,9,11-12,16H,3-4,7-8,10H2,1-2H3,(H,17,19). The highest BCUT2D eigenvalue weighted by Crippen LogP contribution is 2.15. The first kappa shape index (κ1) is 14.8. The highest BCUT2D eigenvalue weighted by Gasteiger charge is 2.23. The van der Waals surface area contributed by atoms with E-state index < -0.39 is 0 Å². The van der Waals surface area contributed by atoms with Gasteiger partial charge in [-0.25, -0.2) is 0 Å². The predicted octanol–water partition coefficient (Wildman–Crippen LogP) is 1.23. The molecule has 1 aliphatic rings. The molecule has 110 valence electrons. The van der Waals surface area contributed by atoms with Crippen molar-refractivity contribution in [1.82, 2.24) is 15.2 Å². The molecule has 1 unspecified atom stereocenters. The van der Waals surface area contributed by atoms with Gasteiger partial charge in [0.1, 0.15) is 0 Å². The van der Waals surface area contributed by atoms with Crippen molar-refractivity contribution in [2.24, 2.45) is 5.92 Å². The topological polar surface area (TPSA) is 65.2 Å². The minimum atomic E-state index is -0.186. The fraction of sp³-hybridized carbons (Fsp3) is 0.600. The minimum Gasteiger partial charge on any atom is -0.336 e. The second-order valence-corrected chi connectivity index (χ2v) is 5.71. The van der Waals surface area contributed by atoms with Crippen LogP contribution in [-0.2, 0) is 0 Å². The third-order valence-electron chi connectivity index (χ3n) is 3.77. The Labute approximate surface area is 119 Å². The number of nitrogens with zero attached hydrogens (tertiary/aromatic N) is 1. The van der Waals surface area contributed by atoms with E-state index in [1.807, 2.05) is 18.7 Å². The van der Waals surface area contributed by atoms with Crippen LogP contribution in [0.15, 0.2) is 23.1 Å². The van der Waals surface area contributed by atoms with Crippen molar-refractivity contribution in [2.75, 3.05) is 19.6 Å². The molecule has 2 rings (SSSR count). The molecule has 1 fully saturated rings. The summed E-state index contributed by atoms with van der Waals surface area (Å²) in [5.41, 5.74) is 0.358. The highest BCUT2D eigenvalue weighted by molar-refractivity contribution is 5.94. The Hall–Kier alpha value is -1.62. The van der Waals surface area contributed by atoms with E-state index in [0.717, 1.165) is 26.1 Å². The van der Waals surface area contributed by atoms with Crippen molar-refractivity contribution in [1.29, 1.82) is 0 Å². The average molecular weight is 277 g/mol. The molecule has 1 saturated heterocycles. The van der Waals surface area contributed by atoms with E-state index >= 15 is 0 Å². The summed E-state index contributed by atoms with van der Waals surface area (Å²) < 4.78 is 0. The quantitative estimate of drug-likeness (QED) is 0.870. The first-order chi connectivity index (χ1) is 9.58. The van der Waals surface area contributed by atoms with Crippen LogP contribution >= 0.6 is 0 Å². The number of carbonyl (C=O) groups is 1. The Kier molecular flexibility index (Phi) is 4.95. The molecule has 2 N–H and O–H groups in total. The Morgan fingerprint density at radius 1 is 1.45 bits per heavy atom. The van der Waals surface area contributed by atoms with Gasteiger partial charge in [-0.3, -0.25) is 9.59 Å². The molecule has 1 atom stereocenters. The van der Waals surface area contributed by atoms with Gasteiger partial charge in [-0.15, -0.1) is 0 Å². The summed E-state index contributed by atoms with van der Waals surface area (Å²) in [4.78, 5) is 28.1. The van der Waals surface area contributed by atoms with Gasteiger partial charge < -0.3 is 15.2 Å². The number of amides is 1. The zero-order chi connectivity index (χ0) is 14.5. The maximum atomic E-state index is 12.6. The summed E-state index contributed by atoms with van der Waals surface area (Å²) >= 11 is 0. The lowest BCUT2D eigenvalue weighted by molar-refractivity contribution is 0.0660. The summed E-state index contributed by atoms with van der Waals surface area (Å²) in [7, 11) is 0. The molecule has 0 saturated carbocycles.